The number of nitrogens with zero attached hydrogens (tertiary/aromatic N) is 2. The average molecular weight is 437 g/mol. The van der Waals surface area contributed by atoms with Gasteiger partial charge in [0.15, 0.2) is 0 Å². The molecule has 1 heterocycles. The summed E-state index contributed by atoms with van der Waals surface area (Å²) in [7, 11) is 0. The van der Waals surface area contributed by atoms with Gasteiger partial charge in [0.05, 0.1) is 23.0 Å². The minimum absolute atomic E-state index is 0.124. The first-order valence-corrected chi connectivity index (χ1v) is 9.33. The Morgan fingerprint density at radius 1 is 1.10 bits per heavy atom. The summed E-state index contributed by atoms with van der Waals surface area (Å²) in [6.07, 6.45) is -2.75. The van der Waals surface area contributed by atoms with Gasteiger partial charge in [0.25, 0.3) is 0 Å². The number of hydrogen-bond donors (Lipinski definition) is 0. The molecule has 0 N–H and O–H groups in total. The maximum Gasteiger partial charge on any atom is 0.417 e. The highest BCUT2D eigenvalue weighted by molar-refractivity contribution is 7.99. The molecule has 148 valence electrons. The predicted octanol–water partition coefficient (Wildman–Crippen LogP) is 6.10. The number of alkyl halides is 3. The number of hydrogen-bond acceptors (Lipinski definition) is 5. The molecule has 29 heavy (non-hydrogen) atoms. The van der Waals surface area contributed by atoms with E-state index in [1.165, 1.54) is 0 Å². The Morgan fingerprint density at radius 2 is 1.79 bits per heavy atom. The van der Waals surface area contributed by atoms with Crippen molar-refractivity contribution in [3.63, 3.8) is 0 Å². The van der Waals surface area contributed by atoms with E-state index in [1.54, 1.807) is 54.6 Å². The first-order chi connectivity index (χ1) is 13.8. The van der Waals surface area contributed by atoms with Crippen LogP contribution in [0.2, 0.25) is 5.02 Å². The number of aromatic nitrogens is 1. The van der Waals surface area contributed by atoms with E-state index in [9.17, 15) is 18.0 Å². The zero-order valence-electron chi connectivity index (χ0n) is 14.6. The molecule has 0 spiro atoms. The molecule has 0 aliphatic rings. The van der Waals surface area contributed by atoms with Crippen LogP contribution in [0, 0.1) is 0 Å². The Labute approximate surface area is 173 Å². The fourth-order valence-corrected chi connectivity index (χ4v) is 3.22. The van der Waals surface area contributed by atoms with Crippen LogP contribution >= 0.6 is 23.4 Å². The summed E-state index contributed by atoms with van der Waals surface area (Å²) in [5.41, 5.74) is -0.480. The van der Waals surface area contributed by atoms with Crippen molar-refractivity contribution in [1.29, 1.82) is 0 Å². The second kappa shape index (κ2) is 9.11. The van der Waals surface area contributed by atoms with Gasteiger partial charge in [-0.15, -0.1) is 0 Å². The van der Waals surface area contributed by atoms with E-state index in [1.807, 2.05) is 0 Å². The quantitative estimate of drug-likeness (QED) is 0.275. The summed E-state index contributed by atoms with van der Waals surface area (Å²) in [6.45, 7) is 0. The van der Waals surface area contributed by atoms with Crippen LogP contribution in [0.4, 0.5) is 13.2 Å². The molecule has 9 heteroatoms. The number of oxime groups is 1. The smallest absolute Gasteiger partial charge is 0.313 e. The second-order valence-corrected chi connectivity index (χ2v) is 7.19. The monoisotopic (exact) mass is 436 g/mol. The van der Waals surface area contributed by atoms with Crippen molar-refractivity contribution < 1.29 is 22.8 Å². The fourth-order valence-electron chi connectivity index (χ4n) is 2.17. The van der Waals surface area contributed by atoms with Gasteiger partial charge in [0.1, 0.15) is 0 Å². The average Bonchev–Trinajstić information content (AvgIpc) is 2.70. The molecular formula is C20H12ClF3N2O2S. The molecule has 1 aromatic heterocycles. The largest absolute Gasteiger partial charge is 0.417 e. The molecule has 0 radical (unpaired) electrons. The molecule has 0 atom stereocenters. The van der Waals surface area contributed by atoms with E-state index in [-0.39, 0.29) is 10.6 Å². The van der Waals surface area contributed by atoms with Gasteiger partial charge in [0.2, 0.25) is 0 Å². The molecule has 4 nitrogen and oxygen atoms in total. The van der Waals surface area contributed by atoms with E-state index in [4.69, 9.17) is 16.4 Å². The molecule has 0 saturated heterocycles. The molecular weight excluding hydrogens is 425 g/mol. The third-order valence-electron chi connectivity index (χ3n) is 3.57. The Hall–Kier alpha value is -2.84. The SMILES string of the molecule is O=C(O/N=C/c1ncc(C(F)(F)F)cc1Sc1ccc(Cl)cc1)c1ccccc1. The third-order valence-corrected chi connectivity index (χ3v) is 4.88. The van der Waals surface area contributed by atoms with Crippen molar-refractivity contribution in [2.45, 2.75) is 16.0 Å². The lowest BCUT2D eigenvalue weighted by atomic mass is 10.2. The number of benzene rings is 2. The maximum atomic E-state index is 13.1. The Kier molecular flexibility index (Phi) is 6.56. The molecule has 0 amide bonds. The van der Waals surface area contributed by atoms with Crippen LogP contribution in [0.5, 0.6) is 0 Å². The Morgan fingerprint density at radius 3 is 2.45 bits per heavy atom. The number of halogens is 4. The lowest BCUT2D eigenvalue weighted by Crippen LogP contribution is -2.07. The van der Waals surface area contributed by atoms with E-state index in [0.717, 1.165) is 24.0 Å². The van der Waals surface area contributed by atoms with E-state index in [2.05, 4.69) is 10.1 Å². The van der Waals surface area contributed by atoms with E-state index in [0.29, 0.717) is 21.7 Å². The molecule has 0 fully saturated rings. The highest BCUT2D eigenvalue weighted by Crippen LogP contribution is 2.35. The number of pyridine rings is 1. The van der Waals surface area contributed by atoms with Crippen LogP contribution in [0.15, 0.2) is 81.8 Å². The Bertz CT molecular complexity index is 1030. The van der Waals surface area contributed by atoms with Crippen molar-refractivity contribution in [2.75, 3.05) is 0 Å². The van der Waals surface area contributed by atoms with Crippen LogP contribution in [-0.4, -0.2) is 17.2 Å². The van der Waals surface area contributed by atoms with E-state index >= 15 is 0 Å². The molecule has 0 bridgehead atoms. The van der Waals surface area contributed by atoms with Gasteiger partial charge >= 0.3 is 12.1 Å². The van der Waals surface area contributed by atoms with Gasteiger partial charge < -0.3 is 4.84 Å². The molecule has 0 aliphatic heterocycles. The van der Waals surface area contributed by atoms with Crippen molar-refractivity contribution in [2.24, 2.45) is 5.16 Å². The van der Waals surface area contributed by atoms with E-state index < -0.39 is 17.7 Å². The van der Waals surface area contributed by atoms with Gasteiger partial charge in [-0.05, 0) is 42.5 Å². The zero-order chi connectivity index (χ0) is 20.9. The van der Waals surface area contributed by atoms with Crippen molar-refractivity contribution in [3.05, 3.63) is 88.7 Å². The first kappa shape index (κ1) is 20.9. The summed E-state index contributed by atoms with van der Waals surface area (Å²) in [5.74, 6) is -0.694. The predicted molar refractivity (Wildman–Crippen MR) is 104 cm³/mol. The number of carbonyl (C=O) groups excluding carboxylic acids is 1. The number of rotatable bonds is 5. The molecule has 3 rings (SSSR count). The van der Waals surface area contributed by atoms with Crippen LogP contribution in [0.25, 0.3) is 0 Å². The van der Waals surface area contributed by atoms with Gasteiger partial charge in [-0.25, -0.2) is 4.79 Å². The highest BCUT2D eigenvalue weighted by atomic mass is 35.5. The summed E-state index contributed by atoms with van der Waals surface area (Å²) in [6, 6.07) is 15.7. The lowest BCUT2D eigenvalue weighted by molar-refractivity contribution is -0.138. The van der Waals surface area contributed by atoms with Gasteiger partial charge in [-0.1, -0.05) is 46.7 Å². The van der Waals surface area contributed by atoms with Crippen LogP contribution in [-0.2, 0) is 11.0 Å². The van der Waals surface area contributed by atoms with Crippen molar-refractivity contribution in [3.8, 4) is 0 Å². The zero-order valence-corrected chi connectivity index (χ0v) is 16.1. The third kappa shape index (κ3) is 5.82. The minimum Gasteiger partial charge on any atom is -0.313 e. The van der Waals surface area contributed by atoms with Gasteiger partial charge in [-0.3, -0.25) is 4.98 Å². The summed E-state index contributed by atoms with van der Waals surface area (Å²) < 4.78 is 39.2. The van der Waals surface area contributed by atoms with Crippen molar-refractivity contribution >= 4 is 35.5 Å². The summed E-state index contributed by atoms with van der Waals surface area (Å²) in [4.78, 5) is 21.4. The van der Waals surface area contributed by atoms with Crippen LogP contribution in [0.3, 0.4) is 0 Å². The topological polar surface area (TPSA) is 51.5 Å². The summed E-state index contributed by atoms with van der Waals surface area (Å²) >= 11 is 6.90. The van der Waals surface area contributed by atoms with Gasteiger partial charge in [-0.2, -0.15) is 13.2 Å². The molecule has 0 saturated carbocycles. The standard InChI is InChI=1S/C20H12ClF3N2O2S/c21-15-6-8-16(9-7-15)29-18-10-14(20(22,23)24)11-25-17(18)12-26-28-19(27)13-4-2-1-3-5-13/h1-12H/b26-12+. The van der Waals surface area contributed by atoms with Crippen LogP contribution < -0.4 is 0 Å². The molecule has 0 unspecified atom stereocenters. The summed E-state index contributed by atoms with van der Waals surface area (Å²) in [5, 5.41) is 4.08. The fraction of sp³-hybridized carbons (Fsp3) is 0.0500. The maximum absolute atomic E-state index is 13.1. The normalized spacial score (nSPS) is 11.6. The van der Waals surface area contributed by atoms with Gasteiger partial charge in [0, 0.05) is 21.0 Å². The second-order valence-electron chi connectivity index (χ2n) is 5.64. The van der Waals surface area contributed by atoms with Crippen molar-refractivity contribution in [1.82, 2.24) is 4.98 Å². The molecule has 2 aromatic carbocycles. The molecule has 3 aromatic rings. The highest BCUT2D eigenvalue weighted by Gasteiger charge is 2.31. The minimum atomic E-state index is -4.54. The molecule has 0 aliphatic carbocycles. The van der Waals surface area contributed by atoms with Crippen LogP contribution in [0.1, 0.15) is 21.6 Å². The first-order valence-electron chi connectivity index (χ1n) is 8.13. The lowest BCUT2D eigenvalue weighted by Gasteiger charge is -2.10. The number of carbonyl (C=O) groups is 1. The Balaban J connectivity index is 1.84.